The van der Waals surface area contributed by atoms with Gasteiger partial charge in [0.05, 0.1) is 18.4 Å². The molecule has 0 spiro atoms. The van der Waals surface area contributed by atoms with E-state index in [-0.39, 0.29) is 18.5 Å². The van der Waals surface area contributed by atoms with Crippen LogP contribution in [-0.2, 0) is 16.1 Å². The average Bonchev–Trinajstić information content (AvgIpc) is 3.15. The molecular weight excluding hydrogens is 359 g/mol. The lowest BCUT2D eigenvalue weighted by Crippen LogP contribution is -2.39. The van der Waals surface area contributed by atoms with Crippen molar-refractivity contribution in [2.75, 3.05) is 26.3 Å². The SMILES string of the molecule is CCOCC(O)CN(Cc1cccc(F)c1)CC1CC(c2ccccc2)=NO1. The molecule has 0 bridgehead atoms. The first-order valence-corrected chi connectivity index (χ1v) is 9.64. The first-order valence-electron chi connectivity index (χ1n) is 9.64. The second-order valence-electron chi connectivity index (χ2n) is 6.97. The number of benzene rings is 2. The molecule has 0 saturated heterocycles. The Hall–Kier alpha value is -2.28. The van der Waals surface area contributed by atoms with Gasteiger partial charge < -0.3 is 14.7 Å². The van der Waals surface area contributed by atoms with Crippen molar-refractivity contribution in [2.24, 2.45) is 5.16 Å². The number of aliphatic hydroxyl groups excluding tert-OH is 1. The van der Waals surface area contributed by atoms with Gasteiger partial charge in [-0.3, -0.25) is 4.90 Å². The third-order valence-electron chi connectivity index (χ3n) is 4.58. The molecule has 28 heavy (non-hydrogen) atoms. The summed E-state index contributed by atoms with van der Waals surface area (Å²) in [6.07, 6.45) is -0.0296. The molecule has 150 valence electrons. The molecule has 5 nitrogen and oxygen atoms in total. The number of hydrogen-bond acceptors (Lipinski definition) is 5. The van der Waals surface area contributed by atoms with Gasteiger partial charge in [-0.15, -0.1) is 0 Å². The summed E-state index contributed by atoms with van der Waals surface area (Å²) in [4.78, 5) is 7.70. The summed E-state index contributed by atoms with van der Waals surface area (Å²) in [6, 6.07) is 16.5. The Morgan fingerprint density at radius 1 is 1.25 bits per heavy atom. The van der Waals surface area contributed by atoms with Crippen LogP contribution in [0.15, 0.2) is 59.8 Å². The Morgan fingerprint density at radius 3 is 2.82 bits per heavy atom. The molecule has 0 aromatic heterocycles. The van der Waals surface area contributed by atoms with E-state index in [0.29, 0.717) is 32.7 Å². The maximum Gasteiger partial charge on any atom is 0.145 e. The van der Waals surface area contributed by atoms with Gasteiger partial charge in [0.2, 0.25) is 0 Å². The fourth-order valence-electron chi connectivity index (χ4n) is 3.32. The molecule has 0 aliphatic carbocycles. The van der Waals surface area contributed by atoms with E-state index in [0.717, 1.165) is 16.8 Å². The minimum absolute atomic E-state index is 0.108. The fraction of sp³-hybridized carbons (Fsp3) is 0.409. The number of hydrogen-bond donors (Lipinski definition) is 1. The molecule has 0 saturated carbocycles. The number of oxime groups is 1. The maximum absolute atomic E-state index is 13.6. The first kappa shape index (κ1) is 20.5. The number of halogens is 1. The fourth-order valence-corrected chi connectivity index (χ4v) is 3.32. The van der Waals surface area contributed by atoms with Gasteiger partial charge >= 0.3 is 0 Å². The van der Waals surface area contributed by atoms with Crippen molar-refractivity contribution in [1.29, 1.82) is 0 Å². The Labute approximate surface area is 165 Å². The van der Waals surface area contributed by atoms with Crippen LogP contribution < -0.4 is 0 Å². The molecule has 1 N–H and O–H groups in total. The van der Waals surface area contributed by atoms with Crippen LogP contribution in [0.5, 0.6) is 0 Å². The van der Waals surface area contributed by atoms with E-state index in [2.05, 4.69) is 10.1 Å². The molecule has 3 rings (SSSR count). The zero-order valence-electron chi connectivity index (χ0n) is 16.1. The highest BCUT2D eigenvalue weighted by molar-refractivity contribution is 6.01. The molecule has 6 heteroatoms. The molecule has 1 aliphatic heterocycles. The lowest BCUT2D eigenvalue weighted by molar-refractivity contribution is 0.000479. The van der Waals surface area contributed by atoms with Gasteiger partial charge in [-0.1, -0.05) is 47.6 Å². The zero-order valence-corrected chi connectivity index (χ0v) is 16.1. The van der Waals surface area contributed by atoms with Crippen LogP contribution in [0.25, 0.3) is 0 Å². The molecule has 0 amide bonds. The molecule has 2 aromatic rings. The Bertz CT molecular complexity index is 769. The molecular formula is C22H27FN2O3. The first-order chi connectivity index (χ1) is 13.6. The van der Waals surface area contributed by atoms with E-state index in [4.69, 9.17) is 9.57 Å². The van der Waals surface area contributed by atoms with Crippen molar-refractivity contribution in [3.05, 3.63) is 71.5 Å². The van der Waals surface area contributed by atoms with E-state index >= 15 is 0 Å². The largest absolute Gasteiger partial charge is 0.390 e. The van der Waals surface area contributed by atoms with Gasteiger partial charge in [-0.25, -0.2) is 4.39 Å². The van der Waals surface area contributed by atoms with E-state index in [1.807, 2.05) is 43.3 Å². The molecule has 0 fully saturated rings. The van der Waals surface area contributed by atoms with E-state index in [1.165, 1.54) is 12.1 Å². The standard InChI is InChI=1S/C22H27FN2O3/c1-2-27-16-20(26)14-25(13-17-7-6-10-19(23)11-17)15-21-12-22(24-28-21)18-8-4-3-5-9-18/h3-11,20-21,26H,2,12-16H2,1H3. The van der Waals surface area contributed by atoms with Crippen LogP contribution in [0.2, 0.25) is 0 Å². The highest BCUT2D eigenvalue weighted by Crippen LogP contribution is 2.19. The number of ether oxygens (including phenoxy) is 1. The van der Waals surface area contributed by atoms with Crippen molar-refractivity contribution in [2.45, 2.75) is 32.1 Å². The van der Waals surface area contributed by atoms with Crippen LogP contribution in [0.4, 0.5) is 4.39 Å². The summed E-state index contributed by atoms with van der Waals surface area (Å²) in [7, 11) is 0. The number of rotatable bonds is 10. The quantitative estimate of drug-likeness (QED) is 0.681. The third-order valence-corrected chi connectivity index (χ3v) is 4.58. The Kier molecular flexibility index (Phi) is 7.54. The molecule has 2 unspecified atom stereocenters. The second kappa shape index (κ2) is 10.3. The van der Waals surface area contributed by atoms with Gasteiger partial charge in [0.1, 0.15) is 11.9 Å². The monoisotopic (exact) mass is 386 g/mol. The molecule has 0 radical (unpaired) electrons. The second-order valence-corrected chi connectivity index (χ2v) is 6.97. The van der Waals surface area contributed by atoms with E-state index in [1.54, 1.807) is 6.07 Å². The smallest absolute Gasteiger partial charge is 0.145 e. The predicted molar refractivity (Wildman–Crippen MR) is 107 cm³/mol. The molecule has 1 heterocycles. The molecule has 2 atom stereocenters. The van der Waals surface area contributed by atoms with Crippen molar-refractivity contribution in [3.63, 3.8) is 0 Å². The summed E-state index contributed by atoms with van der Waals surface area (Å²) in [6.45, 7) is 4.23. The normalized spacial score (nSPS) is 17.4. The minimum atomic E-state index is -0.621. The van der Waals surface area contributed by atoms with Crippen LogP contribution >= 0.6 is 0 Å². The summed E-state index contributed by atoms with van der Waals surface area (Å²) < 4.78 is 18.9. The van der Waals surface area contributed by atoms with Crippen molar-refractivity contribution >= 4 is 5.71 Å². The minimum Gasteiger partial charge on any atom is -0.390 e. The van der Waals surface area contributed by atoms with Crippen LogP contribution in [-0.4, -0.2) is 54.2 Å². The Morgan fingerprint density at radius 2 is 2.07 bits per heavy atom. The lowest BCUT2D eigenvalue weighted by atomic mass is 10.0. The highest BCUT2D eigenvalue weighted by atomic mass is 19.1. The maximum atomic E-state index is 13.6. The summed E-state index contributed by atoms with van der Waals surface area (Å²) in [5.41, 5.74) is 2.83. The molecule has 2 aromatic carbocycles. The third kappa shape index (κ3) is 6.12. The van der Waals surface area contributed by atoms with Crippen molar-refractivity contribution in [1.82, 2.24) is 4.90 Å². The van der Waals surface area contributed by atoms with Gasteiger partial charge in [0.15, 0.2) is 0 Å². The van der Waals surface area contributed by atoms with Crippen LogP contribution in [0, 0.1) is 5.82 Å². The van der Waals surface area contributed by atoms with Gasteiger partial charge in [-0.05, 0) is 30.2 Å². The molecule has 1 aliphatic rings. The van der Waals surface area contributed by atoms with E-state index in [9.17, 15) is 9.50 Å². The van der Waals surface area contributed by atoms with Crippen LogP contribution in [0.1, 0.15) is 24.5 Å². The average molecular weight is 386 g/mol. The Balaban J connectivity index is 1.62. The topological polar surface area (TPSA) is 54.3 Å². The predicted octanol–water partition coefficient (Wildman–Crippen LogP) is 3.22. The van der Waals surface area contributed by atoms with Crippen molar-refractivity contribution < 1.29 is 19.1 Å². The van der Waals surface area contributed by atoms with Crippen molar-refractivity contribution in [3.8, 4) is 0 Å². The van der Waals surface area contributed by atoms with E-state index < -0.39 is 6.10 Å². The van der Waals surface area contributed by atoms with Gasteiger partial charge in [0.25, 0.3) is 0 Å². The zero-order chi connectivity index (χ0) is 19.8. The van der Waals surface area contributed by atoms with Gasteiger partial charge in [-0.2, -0.15) is 0 Å². The van der Waals surface area contributed by atoms with Crippen LogP contribution in [0.3, 0.4) is 0 Å². The van der Waals surface area contributed by atoms with Gasteiger partial charge in [0, 0.05) is 32.7 Å². The summed E-state index contributed by atoms with van der Waals surface area (Å²) in [5, 5.41) is 14.5. The number of aliphatic hydroxyl groups is 1. The highest BCUT2D eigenvalue weighted by Gasteiger charge is 2.25. The summed E-state index contributed by atoms with van der Waals surface area (Å²) >= 11 is 0. The lowest BCUT2D eigenvalue weighted by Gasteiger charge is -2.27. The number of nitrogens with zero attached hydrogens (tertiary/aromatic N) is 2. The summed E-state index contributed by atoms with van der Waals surface area (Å²) in [5.74, 6) is -0.265.